The van der Waals surface area contributed by atoms with Gasteiger partial charge in [0.25, 0.3) is 0 Å². The molecule has 1 aromatic rings. The van der Waals surface area contributed by atoms with E-state index < -0.39 is 5.95 Å². The third-order valence-corrected chi connectivity index (χ3v) is 1.99. The van der Waals surface area contributed by atoms with Crippen LogP contribution in [0.15, 0.2) is 0 Å². The molecule has 4 N–H and O–H groups in total. The largest absolute Gasteiger partial charge is 0.461 e. The normalized spacial score (nSPS) is 10.2. The SMILES string of the molecule is NCOc1nc(F)c(Cl)c(N)c1Cl. The number of nitrogen functional groups attached to an aromatic ring is 1. The topological polar surface area (TPSA) is 74.2 Å². The first-order valence-electron chi connectivity index (χ1n) is 3.20. The van der Waals surface area contributed by atoms with Crippen molar-refractivity contribution >= 4 is 28.9 Å². The highest BCUT2D eigenvalue weighted by atomic mass is 35.5. The van der Waals surface area contributed by atoms with E-state index in [0.717, 1.165) is 0 Å². The van der Waals surface area contributed by atoms with Crippen LogP contribution in [-0.4, -0.2) is 11.7 Å². The standard InChI is InChI=1S/C6H6Cl2FN3O/c7-2-4(11)3(8)6(13-1-10)12-5(2)9/h1,10H2,(H2,11,12). The lowest BCUT2D eigenvalue weighted by Crippen LogP contribution is -2.10. The quantitative estimate of drug-likeness (QED) is 0.590. The van der Waals surface area contributed by atoms with Crippen LogP contribution >= 0.6 is 23.2 Å². The average Bonchev–Trinajstić information content (AvgIpc) is 2.11. The summed E-state index contributed by atoms with van der Waals surface area (Å²) in [6, 6.07) is 0. The zero-order valence-electron chi connectivity index (χ0n) is 6.35. The average molecular weight is 226 g/mol. The molecule has 0 amide bonds. The predicted molar refractivity (Wildman–Crippen MR) is 48.3 cm³/mol. The van der Waals surface area contributed by atoms with E-state index in [2.05, 4.69) is 4.98 Å². The summed E-state index contributed by atoms with van der Waals surface area (Å²) in [4.78, 5) is 3.31. The molecule has 0 aliphatic carbocycles. The zero-order valence-corrected chi connectivity index (χ0v) is 7.86. The number of ether oxygens (including phenoxy) is 1. The molecular weight excluding hydrogens is 220 g/mol. The van der Waals surface area contributed by atoms with E-state index in [0.29, 0.717) is 0 Å². The van der Waals surface area contributed by atoms with Crippen LogP contribution < -0.4 is 16.2 Å². The lowest BCUT2D eigenvalue weighted by Gasteiger charge is -2.07. The first kappa shape index (κ1) is 10.3. The Bertz CT molecular complexity index is 334. The van der Waals surface area contributed by atoms with Gasteiger partial charge < -0.3 is 10.5 Å². The lowest BCUT2D eigenvalue weighted by molar-refractivity contribution is 0.312. The Hall–Kier alpha value is -0.780. The minimum atomic E-state index is -0.938. The van der Waals surface area contributed by atoms with Crippen LogP contribution in [0.3, 0.4) is 0 Å². The van der Waals surface area contributed by atoms with E-state index >= 15 is 0 Å². The molecule has 13 heavy (non-hydrogen) atoms. The van der Waals surface area contributed by atoms with Crippen LogP contribution in [0, 0.1) is 5.95 Å². The van der Waals surface area contributed by atoms with Crippen molar-refractivity contribution in [3.63, 3.8) is 0 Å². The highest BCUT2D eigenvalue weighted by Gasteiger charge is 2.15. The maximum absolute atomic E-state index is 12.8. The Labute approximate surface area is 83.6 Å². The predicted octanol–water partition coefficient (Wildman–Crippen LogP) is 1.40. The van der Waals surface area contributed by atoms with Gasteiger partial charge in [-0.3, -0.25) is 5.73 Å². The van der Waals surface area contributed by atoms with Crippen LogP contribution in [-0.2, 0) is 0 Å². The molecule has 0 saturated carbocycles. The Morgan fingerprint density at radius 1 is 1.38 bits per heavy atom. The van der Waals surface area contributed by atoms with Crippen molar-refractivity contribution in [2.75, 3.05) is 12.5 Å². The molecule has 0 aromatic carbocycles. The smallest absolute Gasteiger partial charge is 0.238 e. The van der Waals surface area contributed by atoms with Crippen molar-refractivity contribution in [1.82, 2.24) is 4.98 Å². The van der Waals surface area contributed by atoms with E-state index in [-0.39, 0.29) is 28.3 Å². The number of aromatic nitrogens is 1. The van der Waals surface area contributed by atoms with Crippen LogP contribution in [0.5, 0.6) is 5.88 Å². The number of pyridine rings is 1. The molecule has 0 unspecified atom stereocenters. The number of halogens is 3. The number of hydrogen-bond acceptors (Lipinski definition) is 4. The Morgan fingerprint density at radius 2 is 2.00 bits per heavy atom. The van der Waals surface area contributed by atoms with Crippen molar-refractivity contribution < 1.29 is 9.13 Å². The summed E-state index contributed by atoms with van der Waals surface area (Å²) in [5.41, 5.74) is 10.3. The molecule has 0 bridgehead atoms. The van der Waals surface area contributed by atoms with E-state index in [1.54, 1.807) is 0 Å². The number of rotatable bonds is 2. The first-order chi connectivity index (χ1) is 6.07. The van der Waals surface area contributed by atoms with Gasteiger partial charge in [-0.15, -0.1) is 0 Å². The monoisotopic (exact) mass is 225 g/mol. The third kappa shape index (κ3) is 1.93. The van der Waals surface area contributed by atoms with Gasteiger partial charge in [0.2, 0.25) is 11.8 Å². The summed E-state index contributed by atoms with van der Waals surface area (Å²) in [6.45, 7) is -0.173. The first-order valence-corrected chi connectivity index (χ1v) is 3.96. The number of nitrogens with two attached hydrogens (primary N) is 2. The molecular formula is C6H6Cl2FN3O. The molecule has 1 rings (SSSR count). The second-order valence-electron chi connectivity index (χ2n) is 2.06. The molecule has 72 valence electrons. The number of nitrogens with zero attached hydrogens (tertiary/aromatic N) is 1. The van der Waals surface area contributed by atoms with Gasteiger partial charge in [-0.1, -0.05) is 23.2 Å². The van der Waals surface area contributed by atoms with E-state index in [1.807, 2.05) is 0 Å². The van der Waals surface area contributed by atoms with E-state index in [4.69, 9.17) is 39.4 Å². The fraction of sp³-hybridized carbons (Fsp3) is 0.167. The van der Waals surface area contributed by atoms with Crippen molar-refractivity contribution in [2.24, 2.45) is 5.73 Å². The third-order valence-electron chi connectivity index (χ3n) is 1.26. The van der Waals surface area contributed by atoms with Crippen molar-refractivity contribution in [3.05, 3.63) is 16.0 Å². The molecule has 0 aliphatic rings. The zero-order chi connectivity index (χ0) is 10.0. The molecule has 4 nitrogen and oxygen atoms in total. The molecule has 0 spiro atoms. The maximum atomic E-state index is 12.8. The summed E-state index contributed by atoms with van der Waals surface area (Å²) in [6.07, 6.45) is 0. The Morgan fingerprint density at radius 3 is 2.54 bits per heavy atom. The lowest BCUT2D eigenvalue weighted by atomic mass is 10.4. The van der Waals surface area contributed by atoms with Gasteiger partial charge in [0.1, 0.15) is 16.8 Å². The van der Waals surface area contributed by atoms with Crippen LogP contribution in [0.4, 0.5) is 10.1 Å². The van der Waals surface area contributed by atoms with Gasteiger partial charge >= 0.3 is 0 Å². The van der Waals surface area contributed by atoms with Gasteiger partial charge in [-0.25, -0.2) is 0 Å². The highest BCUT2D eigenvalue weighted by molar-refractivity contribution is 6.39. The van der Waals surface area contributed by atoms with Crippen LogP contribution in [0.2, 0.25) is 10.0 Å². The summed E-state index contributed by atoms with van der Waals surface area (Å²) < 4.78 is 17.6. The fourth-order valence-electron chi connectivity index (χ4n) is 0.685. The van der Waals surface area contributed by atoms with Crippen molar-refractivity contribution in [3.8, 4) is 5.88 Å². The number of hydrogen-bond donors (Lipinski definition) is 2. The molecule has 0 saturated heterocycles. The summed E-state index contributed by atoms with van der Waals surface area (Å²) in [5.74, 6) is -1.10. The maximum Gasteiger partial charge on any atom is 0.238 e. The fourth-order valence-corrected chi connectivity index (χ4v) is 1.06. The van der Waals surface area contributed by atoms with Crippen LogP contribution in [0.1, 0.15) is 0 Å². The Kier molecular flexibility index (Phi) is 3.13. The van der Waals surface area contributed by atoms with Gasteiger partial charge in [-0.2, -0.15) is 9.37 Å². The van der Waals surface area contributed by atoms with Gasteiger partial charge in [0, 0.05) is 0 Å². The van der Waals surface area contributed by atoms with E-state index in [1.165, 1.54) is 0 Å². The van der Waals surface area contributed by atoms with Gasteiger partial charge in [-0.05, 0) is 0 Å². The van der Waals surface area contributed by atoms with Crippen LogP contribution in [0.25, 0.3) is 0 Å². The Balaban J connectivity index is 3.24. The van der Waals surface area contributed by atoms with E-state index in [9.17, 15) is 4.39 Å². The number of anilines is 1. The second-order valence-corrected chi connectivity index (χ2v) is 2.82. The second kappa shape index (κ2) is 3.95. The minimum Gasteiger partial charge on any atom is -0.461 e. The molecule has 1 aromatic heterocycles. The molecule has 1 heterocycles. The van der Waals surface area contributed by atoms with Gasteiger partial charge in [0.15, 0.2) is 0 Å². The highest BCUT2D eigenvalue weighted by Crippen LogP contribution is 2.34. The molecule has 0 aliphatic heterocycles. The van der Waals surface area contributed by atoms with Crippen molar-refractivity contribution in [1.29, 1.82) is 0 Å². The molecule has 0 radical (unpaired) electrons. The summed E-state index contributed by atoms with van der Waals surface area (Å²) in [7, 11) is 0. The van der Waals surface area contributed by atoms with Gasteiger partial charge in [0.05, 0.1) is 5.69 Å². The minimum absolute atomic E-state index is 0.0446. The summed E-state index contributed by atoms with van der Waals surface area (Å²) >= 11 is 11.1. The molecule has 0 atom stereocenters. The molecule has 7 heteroatoms. The molecule has 0 fully saturated rings. The summed E-state index contributed by atoms with van der Waals surface area (Å²) in [5, 5.41) is -0.369. The van der Waals surface area contributed by atoms with Crippen molar-refractivity contribution in [2.45, 2.75) is 0 Å².